The summed E-state index contributed by atoms with van der Waals surface area (Å²) in [7, 11) is 0. The molecule has 0 atom stereocenters. The molecule has 1 aromatic carbocycles. The van der Waals surface area contributed by atoms with E-state index in [9.17, 15) is 13.6 Å². The topological polar surface area (TPSA) is 75.1 Å². The first-order valence-corrected chi connectivity index (χ1v) is 8.14. The molecular weight excluding hydrogens is 340 g/mol. The first-order valence-electron chi connectivity index (χ1n) is 8.14. The molecule has 5 nitrogen and oxygen atoms in total. The fraction of sp³-hybridized carbons (Fsp3) is 0.211. The van der Waals surface area contributed by atoms with Crippen LogP contribution >= 0.6 is 0 Å². The standard InChI is InChI=1S/C19H15F2N3O2/c20-19(21)8-13(9-19)11-1-3-15-14(7-11)16(5-6-22-15)24-17-4-2-12(10-23-17)18(25)26/h1-7,10,13H,8-9H2,(H,25,26)(H,22,23,24). The summed E-state index contributed by atoms with van der Waals surface area (Å²) in [5, 5.41) is 12.9. The van der Waals surface area contributed by atoms with Crippen LogP contribution in [-0.2, 0) is 0 Å². The van der Waals surface area contributed by atoms with Crippen LogP contribution < -0.4 is 5.32 Å². The van der Waals surface area contributed by atoms with Gasteiger partial charge in [0.25, 0.3) is 0 Å². The number of hydrogen-bond acceptors (Lipinski definition) is 4. The first kappa shape index (κ1) is 16.4. The van der Waals surface area contributed by atoms with Gasteiger partial charge in [-0.25, -0.2) is 18.6 Å². The summed E-state index contributed by atoms with van der Waals surface area (Å²) in [4.78, 5) is 19.3. The molecule has 0 amide bonds. The minimum atomic E-state index is -2.56. The monoisotopic (exact) mass is 355 g/mol. The fourth-order valence-electron chi connectivity index (χ4n) is 3.16. The van der Waals surface area contributed by atoms with E-state index < -0.39 is 11.9 Å². The highest BCUT2D eigenvalue weighted by atomic mass is 19.3. The summed E-state index contributed by atoms with van der Waals surface area (Å²) in [5.41, 5.74) is 2.45. The zero-order chi connectivity index (χ0) is 18.3. The number of nitrogens with zero attached hydrogens (tertiary/aromatic N) is 2. The first-order chi connectivity index (χ1) is 12.4. The number of carbonyl (C=O) groups is 1. The van der Waals surface area contributed by atoms with E-state index in [2.05, 4.69) is 15.3 Å². The van der Waals surface area contributed by atoms with Gasteiger partial charge in [0.05, 0.1) is 16.8 Å². The summed E-state index contributed by atoms with van der Waals surface area (Å²) in [5.74, 6) is -3.26. The van der Waals surface area contributed by atoms with Gasteiger partial charge in [0.1, 0.15) is 5.82 Å². The van der Waals surface area contributed by atoms with Gasteiger partial charge in [-0.1, -0.05) is 6.07 Å². The summed E-state index contributed by atoms with van der Waals surface area (Å²) >= 11 is 0. The lowest BCUT2D eigenvalue weighted by molar-refractivity contribution is -0.0867. The normalized spacial score (nSPS) is 16.2. The van der Waals surface area contributed by atoms with Crippen molar-refractivity contribution in [3.63, 3.8) is 0 Å². The Labute approximate surface area is 147 Å². The van der Waals surface area contributed by atoms with Crippen LogP contribution in [0.3, 0.4) is 0 Å². The number of halogens is 2. The van der Waals surface area contributed by atoms with Crippen molar-refractivity contribution in [3.8, 4) is 0 Å². The van der Waals surface area contributed by atoms with Crippen LogP contribution in [-0.4, -0.2) is 27.0 Å². The predicted octanol–water partition coefficient (Wildman–Crippen LogP) is 4.58. The number of rotatable bonds is 4. The van der Waals surface area contributed by atoms with Crippen LogP contribution in [0.1, 0.15) is 34.7 Å². The van der Waals surface area contributed by atoms with E-state index in [4.69, 9.17) is 5.11 Å². The number of benzene rings is 1. The Hall–Kier alpha value is -3.09. The number of alkyl halides is 2. The van der Waals surface area contributed by atoms with Crippen molar-refractivity contribution < 1.29 is 18.7 Å². The quantitative estimate of drug-likeness (QED) is 0.716. The Kier molecular flexibility index (Phi) is 3.79. The molecule has 1 saturated carbocycles. The van der Waals surface area contributed by atoms with Crippen molar-refractivity contribution in [1.29, 1.82) is 0 Å². The molecule has 0 spiro atoms. The zero-order valence-corrected chi connectivity index (χ0v) is 13.6. The molecule has 1 fully saturated rings. The number of carboxylic acid groups (broad SMARTS) is 1. The third-order valence-electron chi connectivity index (χ3n) is 4.60. The number of nitrogens with one attached hydrogen (secondary N) is 1. The summed E-state index contributed by atoms with van der Waals surface area (Å²) in [6, 6.07) is 10.4. The number of hydrogen-bond donors (Lipinski definition) is 2. The van der Waals surface area contributed by atoms with E-state index in [1.807, 2.05) is 18.2 Å². The van der Waals surface area contributed by atoms with E-state index in [1.54, 1.807) is 18.3 Å². The molecule has 2 aromatic heterocycles. The second-order valence-electron chi connectivity index (χ2n) is 6.46. The number of aromatic carboxylic acids is 1. The van der Waals surface area contributed by atoms with E-state index in [0.29, 0.717) is 5.82 Å². The van der Waals surface area contributed by atoms with Crippen LogP contribution in [0.4, 0.5) is 20.3 Å². The minimum Gasteiger partial charge on any atom is -0.478 e. The van der Waals surface area contributed by atoms with Gasteiger partial charge in [-0.2, -0.15) is 0 Å². The maximum atomic E-state index is 13.2. The summed E-state index contributed by atoms with van der Waals surface area (Å²) < 4.78 is 26.3. The van der Waals surface area contributed by atoms with E-state index in [-0.39, 0.29) is 24.3 Å². The van der Waals surface area contributed by atoms with Gasteiger partial charge in [0.15, 0.2) is 0 Å². The second-order valence-corrected chi connectivity index (χ2v) is 6.46. The van der Waals surface area contributed by atoms with Gasteiger partial charge in [-0.3, -0.25) is 4.98 Å². The van der Waals surface area contributed by atoms with Crippen LogP contribution in [0.15, 0.2) is 48.8 Å². The zero-order valence-electron chi connectivity index (χ0n) is 13.6. The number of fused-ring (bicyclic) bond motifs is 1. The Bertz CT molecular complexity index is 982. The third-order valence-corrected chi connectivity index (χ3v) is 4.60. The molecule has 3 aromatic rings. The highest BCUT2D eigenvalue weighted by Crippen LogP contribution is 2.48. The van der Waals surface area contributed by atoms with Crippen molar-refractivity contribution >= 4 is 28.4 Å². The van der Waals surface area contributed by atoms with E-state index in [1.165, 1.54) is 12.3 Å². The molecule has 1 aliphatic rings. The number of carboxylic acids is 1. The lowest BCUT2D eigenvalue weighted by atomic mass is 9.76. The van der Waals surface area contributed by atoms with Gasteiger partial charge < -0.3 is 10.4 Å². The fourth-order valence-corrected chi connectivity index (χ4v) is 3.16. The molecule has 0 saturated heterocycles. The van der Waals surface area contributed by atoms with Crippen LogP contribution in [0.2, 0.25) is 0 Å². The highest BCUT2D eigenvalue weighted by molar-refractivity contribution is 5.93. The molecule has 0 radical (unpaired) electrons. The van der Waals surface area contributed by atoms with Crippen LogP contribution in [0.5, 0.6) is 0 Å². The molecule has 4 rings (SSSR count). The van der Waals surface area contributed by atoms with Crippen molar-refractivity contribution in [2.24, 2.45) is 0 Å². The maximum Gasteiger partial charge on any atom is 0.337 e. The third kappa shape index (κ3) is 3.08. The molecule has 7 heteroatoms. The molecular formula is C19H15F2N3O2. The maximum absolute atomic E-state index is 13.2. The Morgan fingerprint density at radius 1 is 1.15 bits per heavy atom. The molecule has 0 aliphatic heterocycles. The molecule has 0 unspecified atom stereocenters. The predicted molar refractivity (Wildman–Crippen MR) is 93.1 cm³/mol. The average molecular weight is 355 g/mol. The van der Waals surface area contributed by atoms with Gasteiger partial charge >= 0.3 is 5.97 Å². The SMILES string of the molecule is O=C(O)c1ccc(Nc2ccnc3ccc(C4CC(F)(F)C4)cc23)nc1. The second kappa shape index (κ2) is 6.01. The smallest absolute Gasteiger partial charge is 0.337 e. The van der Waals surface area contributed by atoms with Crippen molar-refractivity contribution in [1.82, 2.24) is 9.97 Å². The van der Waals surface area contributed by atoms with Crippen molar-refractivity contribution in [2.45, 2.75) is 24.7 Å². The molecule has 0 bridgehead atoms. The average Bonchev–Trinajstić information content (AvgIpc) is 2.60. The van der Waals surface area contributed by atoms with Gasteiger partial charge in [0.2, 0.25) is 5.92 Å². The van der Waals surface area contributed by atoms with Gasteiger partial charge in [-0.05, 0) is 41.8 Å². The number of pyridine rings is 2. The van der Waals surface area contributed by atoms with Gasteiger partial charge in [0, 0.05) is 30.6 Å². The summed E-state index contributed by atoms with van der Waals surface area (Å²) in [6.07, 6.45) is 2.67. The van der Waals surface area contributed by atoms with Gasteiger partial charge in [-0.15, -0.1) is 0 Å². The van der Waals surface area contributed by atoms with Crippen molar-refractivity contribution in [3.05, 3.63) is 59.9 Å². The molecule has 132 valence electrons. The van der Waals surface area contributed by atoms with Crippen molar-refractivity contribution in [2.75, 3.05) is 5.32 Å². The van der Waals surface area contributed by atoms with E-state index >= 15 is 0 Å². The van der Waals surface area contributed by atoms with Crippen LogP contribution in [0, 0.1) is 0 Å². The molecule has 2 N–H and O–H groups in total. The lowest BCUT2D eigenvalue weighted by Gasteiger charge is -2.35. The largest absolute Gasteiger partial charge is 0.478 e. The Morgan fingerprint density at radius 2 is 1.96 bits per heavy atom. The highest BCUT2D eigenvalue weighted by Gasteiger charge is 2.45. The lowest BCUT2D eigenvalue weighted by Crippen LogP contribution is -2.33. The summed E-state index contributed by atoms with van der Waals surface area (Å²) in [6.45, 7) is 0. The Balaban J connectivity index is 1.65. The van der Waals surface area contributed by atoms with Crippen LogP contribution in [0.25, 0.3) is 10.9 Å². The molecule has 1 aliphatic carbocycles. The number of aromatic nitrogens is 2. The number of anilines is 2. The van der Waals surface area contributed by atoms with E-state index in [0.717, 1.165) is 22.2 Å². The minimum absolute atomic E-state index is 0.100. The Morgan fingerprint density at radius 3 is 2.62 bits per heavy atom. The molecule has 26 heavy (non-hydrogen) atoms. The molecule has 2 heterocycles.